The predicted molar refractivity (Wildman–Crippen MR) is 69.4 cm³/mol. The summed E-state index contributed by atoms with van der Waals surface area (Å²) in [5.41, 5.74) is 15.4. The Morgan fingerprint density at radius 2 is 2.12 bits per heavy atom. The van der Waals surface area contributed by atoms with Gasteiger partial charge in [-0.25, -0.2) is 0 Å². The van der Waals surface area contributed by atoms with Crippen LogP contribution in [0.1, 0.15) is 27.6 Å². The van der Waals surface area contributed by atoms with E-state index in [0.717, 1.165) is 11.1 Å². The van der Waals surface area contributed by atoms with Gasteiger partial charge in [-0.2, -0.15) is 0 Å². The molecule has 3 heteroatoms. The van der Waals surface area contributed by atoms with Crippen molar-refractivity contribution in [3.63, 3.8) is 0 Å². The molecule has 1 aromatic heterocycles. The maximum Gasteiger partial charge on any atom is 0.0648 e. The Hall–Kier alpha value is -1.16. The van der Waals surface area contributed by atoms with Crippen LogP contribution in [-0.2, 0) is 6.54 Å². The van der Waals surface area contributed by atoms with Gasteiger partial charge in [0.2, 0.25) is 0 Å². The topological polar surface area (TPSA) is 52.0 Å². The molecule has 2 rings (SSSR count). The first-order valence-electron chi connectivity index (χ1n) is 5.31. The number of hydrogen-bond donors (Lipinski definition) is 2. The van der Waals surface area contributed by atoms with E-state index in [1.807, 2.05) is 12.1 Å². The lowest BCUT2D eigenvalue weighted by Gasteiger charge is -2.12. The highest BCUT2D eigenvalue weighted by Gasteiger charge is 2.12. The lowest BCUT2D eigenvalue weighted by atomic mass is 10.0. The van der Waals surface area contributed by atoms with E-state index in [9.17, 15) is 0 Å². The third kappa shape index (κ3) is 2.16. The summed E-state index contributed by atoms with van der Waals surface area (Å²) in [5, 5.41) is 2.08. The van der Waals surface area contributed by atoms with Gasteiger partial charge in [-0.3, -0.25) is 0 Å². The Labute approximate surface area is 99.9 Å². The van der Waals surface area contributed by atoms with Gasteiger partial charge in [-0.15, -0.1) is 11.3 Å². The van der Waals surface area contributed by atoms with Gasteiger partial charge < -0.3 is 11.5 Å². The van der Waals surface area contributed by atoms with Gasteiger partial charge in [-0.05, 0) is 35.1 Å². The normalized spacial score (nSPS) is 12.7. The van der Waals surface area contributed by atoms with Gasteiger partial charge in [0, 0.05) is 11.4 Å². The van der Waals surface area contributed by atoms with E-state index >= 15 is 0 Å². The molecule has 0 aliphatic carbocycles. The van der Waals surface area contributed by atoms with Gasteiger partial charge >= 0.3 is 0 Å². The third-order valence-electron chi connectivity index (χ3n) is 2.73. The number of thiophene rings is 1. The maximum atomic E-state index is 6.25. The van der Waals surface area contributed by atoms with Crippen LogP contribution in [0.4, 0.5) is 0 Å². The molecule has 0 radical (unpaired) electrons. The molecule has 0 bridgehead atoms. The van der Waals surface area contributed by atoms with E-state index in [1.54, 1.807) is 11.3 Å². The fourth-order valence-electron chi connectivity index (χ4n) is 1.77. The van der Waals surface area contributed by atoms with Crippen molar-refractivity contribution in [1.29, 1.82) is 0 Å². The fourth-order valence-corrected chi connectivity index (χ4v) is 2.72. The Bertz CT molecular complexity index is 476. The zero-order valence-corrected chi connectivity index (χ0v) is 10.1. The molecule has 2 nitrogen and oxygen atoms in total. The number of benzene rings is 1. The number of aryl methyl sites for hydroxylation is 1. The van der Waals surface area contributed by atoms with Crippen LogP contribution in [0.5, 0.6) is 0 Å². The van der Waals surface area contributed by atoms with Gasteiger partial charge in [-0.1, -0.05) is 24.3 Å². The summed E-state index contributed by atoms with van der Waals surface area (Å²) in [6.07, 6.45) is 0. The smallest absolute Gasteiger partial charge is 0.0648 e. The molecule has 2 aromatic rings. The van der Waals surface area contributed by atoms with Crippen LogP contribution in [0.25, 0.3) is 0 Å². The second-order valence-corrected chi connectivity index (χ2v) is 4.84. The largest absolute Gasteiger partial charge is 0.326 e. The zero-order valence-electron chi connectivity index (χ0n) is 9.31. The predicted octanol–water partition coefficient (Wildman–Crippen LogP) is 2.56. The van der Waals surface area contributed by atoms with E-state index in [0.29, 0.717) is 6.54 Å². The molecule has 1 aromatic carbocycles. The highest BCUT2D eigenvalue weighted by Crippen LogP contribution is 2.27. The van der Waals surface area contributed by atoms with Crippen molar-refractivity contribution >= 4 is 11.3 Å². The quantitative estimate of drug-likeness (QED) is 0.854. The maximum absolute atomic E-state index is 6.25. The molecular weight excluding hydrogens is 216 g/mol. The van der Waals surface area contributed by atoms with Crippen molar-refractivity contribution in [2.45, 2.75) is 19.5 Å². The molecule has 0 aliphatic rings. The SMILES string of the molecule is Cc1ccsc1C(N)c1cccc(CN)c1. The first-order valence-corrected chi connectivity index (χ1v) is 6.19. The van der Waals surface area contributed by atoms with Crippen LogP contribution in [-0.4, -0.2) is 0 Å². The van der Waals surface area contributed by atoms with Crippen molar-refractivity contribution < 1.29 is 0 Å². The van der Waals surface area contributed by atoms with Gasteiger partial charge in [0.15, 0.2) is 0 Å². The zero-order chi connectivity index (χ0) is 11.5. The summed E-state index contributed by atoms with van der Waals surface area (Å²) in [6.45, 7) is 2.66. The molecule has 0 spiro atoms. The Kier molecular flexibility index (Phi) is 3.39. The summed E-state index contributed by atoms with van der Waals surface area (Å²) in [6, 6.07) is 10.3. The van der Waals surface area contributed by atoms with Crippen molar-refractivity contribution in [3.8, 4) is 0 Å². The van der Waals surface area contributed by atoms with Crippen LogP contribution >= 0.6 is 11.3 Å². The summed E-state index contributed by atoms with van der Waals surface area (Å²) in [7, 11) is 0. The Morgan fingerprint density at radius 3 is 2.75 bits per heavy atom. The number of rotatable bonds is 3. The van der Waals surface area contributed by atoms with Gasteiger partial charge in [0.25, 0.3) is 0 Å². The lowest BCUT2D eigenvalue weighted by Crippen LogP contribution is -2.12. The molecule has 1 heterocycles. The minimum absolute atomic E-state index is 0.0356. The standard InChI is InChI=1S/C13H16N2S/c1-9-5-6-16-13(9)12(15)11-4-2-3-10(7-11)8-14/h2-7,12H,8,14-15H2,1H3. The summed E-state index contributed by atoms with van der Waals surface area (Å²) >= 11 is 1.71. The highest BCUT2D eigenvalue weighted by molar-refractivity contribution is 7.10. The molecular formula is C13H16N2S. The molecule has 1 atom stereocenters. The molecule has 0 amide bonds. The van der Waals surface area contributed by atoms with Crippen molar-refractivity contribution in [3.05, 3.63) is 57.3 Å². The number of hydrogen-bond acceptors (Lipinski definition) is 3. The first-order chi connectivity index (χ1) is 7.72. The number of nitrogens with two attached hydrogens (primary N) is 2. The molecule has 0 aliphatic heterocycles. The monoisotopic (exact) mass is 232 g/mol. The molecule has 0 saturated heterocycles. The van der Waals surface area contributed by atoms with Crippen LogP contribution in [0, 0.1) is 6.92 Å². The van der Waals surface area contributed by atoms with Gasteiger partial charge in [0.05, 0.1) is 6.04 Å². The van der Waals surface area contributed by atoms with E-state index in [2.05, 4.69) is 30.5 Å². The van der Waals surface area contributed by atoms with E-state index in [-0.39, 0.29) is 6.04 Å². The van der Waals surface area contributed by atoms with Crippen LogP contribution < -0.4 is 11.5 Å². The van der Waals surface area contributed by atoms with Crippen LogP contribution in [0.2, 0.25) is 0 Å². The first kappa shape index (κ1) is 11.3. The van der Waals surface area contributed by atoms with Gasteiger partial charge in [0.1, 0.15) is 0 Å². The average Bonchev–Trinajstić information content (AvgIpc) is 2.74. The second-order valence-electron chi connectivity index (χ2n) is 3.89. The highest BCUT2D eigenvalue weighted by atomic mass is 32.1. The minimum atomic E-state index is -0.0356. The Balaban J connectivity index is 2.33. The van der Waals surface area contributed by atoms with Crippen molar-refractivity contribution in [2.24, 2.45) is 11.5 Å². The lowest BCUT2D eigenvalue weighted by molar-refractivity contribution is 0.879. The third-order valence-corrected chi connectivity index (χ3v) is 3.83. The molecule has 16 heavy (non-hydrogen) atoms. The van der Waals surface area contributed by atoms with E-state index < -0.39 is 0 Å². The second kappa shape index (κ2) is 4.78. The molecule has 84 valence electrons. The van der Waals surface area contributed by atoms with Crippen molar-refractivity contribution in [2.75, 3.05) is 0 Å². The molecule has 0 saturated carbocycles. The summed E-state index contributed by atoms with van der Waals surface area (Å²) in [4.78, 5) is 1.23. The molecule has 1 unspecified atom stereocenters. The Morgan fingerprint density at radius 1 is 1.31 bits per heavy atom. The van der Waals surface area contributed by atoms with E-state index in [4.69, 9.17) is 11.5 Å². The summed E-state index contributed by atoms with van der Waals surface area (Å²) in [5.74, 6) is 0. The van der Waals surface area contributed by atoms with E-state index in [1.165, 1.54) is 10.4 Å². The molecule has 4 N–H and O–H groups in total. The summed E-state index contributed by atoms with van der Waals surface area (Å²) < 4.78 is 0. The fraction of sp³-hybridized carbons (Fsp3) is 0.231. The van der Waals surface area contributed by atoms with Crippen LogP contribution in [0.3, 0.4) is 0 Å². The average molecular weight is 232 g/mol. The van der Waals surface area contributed by atoms with Crippen molar-refractivity contribution in [1.82, 2.24) is 0 Å². The minimum Gasteiger partial charge on any atom is -0.326 e. The van der Waals surface area contributed by atoms with Crippen LogP contribution in [0.15, 0.2) is 35.7 Å². The molecule has 0 fully saturated rings.